The van der Waals surface area contributed by atoms with Gasteiger partial charge in [-0.05, 0) is 50.7 Å². The molecule has 1 saturated heterocycles. The van der Waals surface area contributed by atoms with Gasteiger partial charge < -0.3 is 11.1 Å². The van der Waals surface area contributed by atoms with E-state index in [9.17, 15) is 0 Å². The highest BCUT2D eigenvalue weighted by Crippen LogP contribution is 2.23. The van der Waals surface area contributed by atoms with Crippen LogP contribution < -0.4 is 11.1 Å². The molecule has 0 aromatic carbocycles. The summed E-state index contributed by atoms with van der Waals surface area (Å²) in [6, 6.07) is 0. The first-order valence-electron chi connectivity index (χ1n) is 6.27. The summed E-state index contributed by atoms with van der Waals surface area (Å²) in [5.74, 6) is 1.87. The van der Waals surface area contributed by atoms with Crippen LogP contribution in [0.25, 0.3) is 0 Å². The molecular weight excluding hydrogens is 172 g/mol. The molecule has 0 saturated carbocycles. The molecule has 2 heteroatoms. The van der Waals surface area contributed by atoms with E-state index in [0.717, 1.165) is 18.4 Å². The van der Waals surface area contributed by atoms with Crippen molar-refractivity contribution in [3.8, 4) is 0 Å². The Labute approximate surface area is 88.6 Å². The van der Waals surface area contributed by atoms with Crippen molar-refractivity contribution in [3.05, 3.63) is 0 Å². The lowest BCUT2D eigenvalue weighted by atomic mass is 9.87. The first-order chi connectivity index (χ1) is 6.86. The number of hydrogen-bond acceptors (Lipinski definition) is 2. The maximum absolute atomic E-state index is 5.60. The minimum Gasteiger partial charge on any atom is -0.330 e. The highest BCUT2D eigenvalue weighted by Gasteiger charge is 2.14. The third-order valence-corrected chi connectivity index (χ3v) is 3.59. The highest BCUT2D eigenvalue weighted by atomic mass is 14.9. The van der Waals surface area contributed by atoms with Gasteiger partial charge in [0.25, 0.3) is 0 Å². The second kappa shape index (κ2) is 7.24. The van der Waals surface area contributed by atoms with Gasteiger partial charge in [0.15, 0.2) is 0 Å². The van der Waals surface area contributed by atoms with Crippen molar-refractivity contribution in [2.45, 2.75) is 45.4 Å². The molecular formula is C12H26N2. The maximum Gasteiger partial charge on any atom is -0.00463 e. The smallest absolute Gasteiger partial charge is 0.00463 e. The van der Waals surface area contributed by atoms with Crippen molar-refractivity contribution in [3.63, 3.8) is 0 Å². The summed E-state index contributed by atoms with van der Waals surface area (Å²) in [6.45, 7) is 5.63. The van der Waals surface area contributed by atoms with Crippen LogP contribution in [0.3, 0.4) is 0 Å². The normalized spacial score (nSPS) is 21.0. The first kappa shape index (κ1) is 12.0. The van der Waals surface area contributed by atoms with Crippen LogP contribution >= 0.6 is 0 Å². The Balaban J connectivity index is 2.10. The summed E-state index contributed by atoms with van der Waals surface area (Å²) in [6.07, 6.45) is 8.14. The van der Waals surface area contributed by atoms with Crippen LogP contribution in [0, 0.1) is 11.8 Å². The molecule has 1 heterocycles. The molecule has 3 N–H and O–H groups in total. The van der Waals surface area contributed by atoms with Crippen LogP contribution in [-0.2, 0) is 0 Å². The molecule has 0 amide bonds. The Morgan fingerprint density at radius 2 is 2.00 bits per heavy atom. The van der Waals surface area contributed by atoms with Crippen molar-refractivity contribution >= 4 is 0 Å². The predicted molar refractivity (Wildman–Crippen MR) is 62.3 cm³/mol. The average molecular weight is 198 g/mol. The molecule has 84 valence electrons. The topological polar surface area (TPSA) is 38.0 Å². The molecule has 14 heavy (non-hydrogen) atoms. The van der Waals surface area contributed by atoms with E-state index in [1.807, 2.05) is 0 Å². The second-order valence-corrected chi connectivity index (χ2v) is 4.62. The monoisotopic (exact) mass is 198 g/mol. The minimum absolute atomic E-state index is 0.866. The van der Waals surface area contributed by atoms with Crippen molar-refractivity contribution in [2.75, 3.05) is 19.6 Å². The first-order valence-corrected chi connectivity index (χ1v) is 6.27. The van der Waals surface area contributed by atoms with Crippen molar-refractivity contribution in [2.24, 2.45) is 17.6 Å². The number of nitrogens with one attached hydrogen (secondary N) is 1. The Morgan fingerprint density at radius 3 is 2.57 bits per heavy atom. The van der Waals surface area contributed by atoms with Crippen LogP contribution in [-0.4, -0.2) is 19.6 Å². The summed E-state index contributed by atoms with van der Waals surface area (Å²) >= 11 is 0. The zero-order chi connectivity index (χ0) is 10.2. The van der Waals surface area contributed by atoms with Gasteiger partial charge >= 0.3 is 0 Å². The van der Waals surface area contributed by atoms with Gasteiger partial charge in [0.1, 0.15) is 0 Å². The van der Waals surface area contributed by atoms with Gasteiger partial charge in [0.2, 0.25) is 0 Å². The van der Waals surface area contributed by atoms with Gasteiger partial charge in [-0.2, -0.15) is 0 Å². The van der Waals surface area contributed by atoms with E-state index in [4.69, 9.17) is 5.73 Å². The fourth-order valence-corrected chi connectivity index (χ4v) is 2.43. The third kappa shape index (κ3) is 4.43. The lowest BCUT2D eigenvalue weighted by Gasteiger charge is -2.24. The molecule has 1 aliphatic rings. The molecule has 0 aromatic rings. The second-order valence-electron chi connectivity index (χ2n) is 4.62. The van der Waals surface area contributed by atoms with E-state index in [0.29, 0.717) is 0 Å². The van der Waals surface area contributed by atoms with Crippen LogP contribution in [0.1, 0.15) is 45.4 Å². The van der Waals surface area contributed by atoms with E-state index in [1.54, 1.807) is 0 Å². The zero-order valence-electron chi connectivity index (χ0n) is 9.60. The number of nitrogens with two attached hydrogens (primary N) is 1. The van der Waals surface area contributed by atoms with Gasteiger partial charge in [0.05, 0.1) is 0 Å². The molecule has 0 aliphatic carbocycles. The molecule has 0 aromatic heterocycles. The molecule has 0 bridgehead atoms. The minimum atomic E-state index is 0.866. The van der Waals surface area contributed by atoms with Crippen LogP contribution in [0.5, 0.6) is 0 Å². The van der Waals surface area contributed by atoms with E-state index in [-0.39, 0.29) is 0 Å². The number of rotatable bonds is 6. The molecule has 1 aliphatic heterocycles. The third-order valence-electron chi connectivity index (χ3n) is 3.59. The lowest BCUT2D eigenvalue weighted by molar-refractivity contribution is 0.310. The van der Waals surface area contributed by atoms with E-state index in [1.165, 1.54) is 51.6 Å². The molecule has 1 unspecified atom stereocenters. The number of hydrogen-bond donors (Lipinski definition) is 2. The highest BCUT2D eigenvalue weighted by molar-refractivity contribution is 4.70. The molecule has 2 nitrogen and oxygen atoms in total. The fourth-order valence-electron chi connectivity index (χ4n) is 2.43. The molecule has 1 rings (SSSR count). The van der Waals surface area contributed by atoms with Crippen molar-refractivity contribution in [1.29, 1.82) is 0 Å². The molecule has 1 atom stereocenters. The van der Waals surface area contributed by atoms with E-state index >= 15 is 0 Å². The molecule has 1 fully saturated rings. The van der Waals surface area contributed by atoms with Crippen LogP contribution in [0.4, 0.5) is 0 Å². The SMILES string of the molecule is CCC(CCN)CCC1CCNCC1. The number of piperidine rings is 1. The summed E-state index contributed by atoms with van der Waals surface area (Å²) in [7, 11) is 0. The Bertz CT molecular complexity index is 126. The summed E-state index contributed by atoms with van der Waals surface area (Å²) in [4.78, 5) is 0. The predicted octanol–water partition coefficient (Wildman–Crippen LogP) is 2.14. The van der Waals surface area contributed by atoms with E-state index in [2.05, 4.69) is 12.2 Å². The van der Waals surface area contributed by atoms with Gasteiger partial charge in [-0.15, -0.1) is 0 Å². The van der Waals surface area contributed by atoms with Crippen molar-refractivity contribution < 1.29 is 0 Å². The molecule has 0 radical (unpaired) electrons. The van der Waals surface area contributed by atoms with Gasteiger partial charge in [-0.3, -0.25) is 0 Å². The maximum atomic E-state index is 5.60. The van der Waals surface area contributed by atoms with Gasteiger partial charge in [-0.25, -0.2) is 0 Å². The quantitative estimate of drug-likeness (QED) is 0.686. The fraction of sp³-hybridized carbons (Fsp3) is 1.00. The Kier molecular flexibility index (Phi) is 6.20. The zero-order valence-corrected chi connectivity index (χ0v) is 9.60. The average Bonchev–Trinajstić information content (AvgIpc) is 2.25. The summed E-state index contributed by atoms with van der Waals surface area (Å²) in [5.41, 5.74) is 5.60. The Hall–Kier alpha value is -0.0800. The Morgan fingerprint density at radius 1 is 1.29 bits per heavy atom. The lowest BCUT2D eigenvalue weighted by Crippen LogP contribution is -2.28. The van der Waals surface area contributed by atoms with Crippen LogP contribution in [0.15, 0.2) is 0 Å². The summed E-state index contributed by atoms with van der Waals surface area (Å²) in [5, 5.41) is 3.42. The van der Waals surface area contributed by atoms with Gasteiger partial charge in [-0.1, -0.05) is 26.2 Å². The van der Waals surface area contributed by atoms with E-state index < -0.39 is 0 Å². The van der Waals surface area contributed by atoms with Crippen LogP contribution in [0.2, 0.25) is 0 Å². The standard InChI is InChI=1S/C12H26N2/c1-2-11(5-8-13)3-4-12-6-9-14-10-7-12/h11-12,14H,2-10,13H2,1H3. The molecule has 0 spiro atoms. The largest absolute Gasteiger partial charge is 0.330 e. The summed E-state index contributed by atoms with van der Waals surface area (Å²) < 4.78 is 0. The van der Waals surface area contributed by atoms with Gasteiger partial charge in [0, 0.05) is 0 Å². The van der Waals surface area contributed by atoms with Crippen molar-refractivity contribution in [1.82, 2.24) is 5.32 Å².